The number of nitrogens with one attached hydrogen (secondary N) is 1. The third kappa shape index (κ3) is 4.58. The first-order valence-corrected chi connectivity index (χ1v) is 13.0. The van der Waals surface area contributed by atoms with Gasteiger partial charge in [-0.05, 0) is 0 Å². The number of aromatic carboxylic acids is 1. The quantitative estimate of drug-likeness (QED) is 0.183. The Morgan fingerprint density at radius 1 is 0.744 bits per heavy atom. The van der Waals surface area contributed by atoms with Gasteiger partial charge in [-0.1, -0.05) is 0 Å². The van der Waals surface area contributed by atoms with Crippen LogP contribution in [0.4, 0.5) is 4.79 Å². The van der Waals surface area contributed by atoms with E-state index in [2.05, 4.69) is 31.0 Å². The topological polar surface area (TPSA) is 196 Å². The van der Waals surface area contributed by atoms with Crippen molar-refractivity contribution in [1.29, 1.82) is 0 Å². The molecule has 43 heavy (non-hydrogen) atoms. The fourth-order valence-electron chi connectivity index (χ4n) is 5.09. The number of aliphatic carboxylic acids is 2. The zero-order chi connectivity index (χ0) is 30.6. The van der Waals surface area contributed by atoms with Crippen molar-refractivity contribution in [3.8, 4) is 11.1 Å². The monoisotopic (exact) mass is 617 g/mol. The molecule has 0 aliphatic carbocycles. The van der Waals surface area contributed by atoms with Crippen LogP contribution in [-0.4, -0.2) is 63.9 Å². The molecular formula is C30H17FeN4O8. The molecule has 1 aromatic carbocycles. The van der Waals surface area contributed by atoms with Crippen molar-refractivity contribution in [3.05, 3.63) is 89.0 Å². The Morgan fingerprint density at radius 3 is 1.98 bits per heavy atom. The van der Waals surface area contributed by atoms with Crippen molar-refractivity contribution >= 4 is 73.8 Å². The van der Waals surface area contributed by atoms with Gasteiger partial charge in [-0.25, -0.2) is 0 Å². The molecule has 2 aliphatic heterocycles. The number of fused-ring (bicyclic) bond motifs is 8. The molecule has 0 amide bonds. The van der Waals surface area contributed by atoms with E-state index in [0.29, 0.717) is 32.6 Å². The number of hydrogen-bond donors (Lipinski definition) is 5. The van der Waals surface area contributed by atoms with Gasteiger partial charge in [0.2, 0.25) is 0 Å². The minimum absolute atomic E-state index is 0.0346. The average Bonchev–Trinajstić information content (AvgIpc) is 3.71. The van der Waals surface area contributed by atoms with E-state index in [1.54, 1.807) is 60.7 Å². The number of aromatic nitrogens is 4. The van der Waals surface area contributed by atoms with Crippen LogP contribution < -0.4 is 4.46 Å². The molecule has 0 unspecified atom stereocenters. The summed E-state index contributed by atoms with van der Waals surface area (Å²) in [6.45, 7) is 0. The molecule has 213 valence electrons. The van der Waals surface area contributed by atoms with E-state index in [0.717, 1.165) is 0 Å². The second-order valence-electron chi connectivity index (χ2n) is 9.38. The zero-order valence-corrected chi connectivity index (χ0v) is 22.6. The standard InChI is InChI=1S/C30H17N4O8.Fe/c35-27(36)22-21-12-18-9-7-16(32-18)10-15-6-8-17(31-15)11-19-13-20(14-4-2-1-3-5-14)26(34(19)30(41)42)24(29(39)40)25(33-21)23(22)28(37)38;/h1-12,32H,(H,35,36)(H,37,38)(H,39,40)(H,41,42);. The van der Waals surface area contributed by atoms with Gasteiger partial charge in [0.25, 0.3) is 0 Å². The first kappa shape index (κ1) is 27.4. The van der Waals surface area contributed by atoms with Crippen LogP contribution in [-0.2, 0) is 25.6 Å². The maximum atomic E-state index is 13.0. The SMILES string of the molecule is O=C(O)C1=C(C(=O)O)c2nc1cc1ccc(cc3nc(cc4[c]([Fe])c(-c5ccccc5)c(c2C(=O)O)n4C(=O)O)C=C3)[nH]1. The fourth-order valence-corrected chi connectivity index (χ4v) is 5.58. The number of carboxylic acids is 3. The number of benzene rings is 1. The molecule has 6 rings (SSSR count). The Hall–Kier alpha value is -5.78. The minimum atomic E-state index is -1.76. The van der Waals surface area contributed by atoms with E-state index in [4.69, 9.17) is 0 Å². The number of rotatable bonds is 4. The summed E-state index contributed by atoms with van der Waals surface area (Å²) in [4.78, 5) is 62.7. The van der Waals surface area contributed by atoms with E-state index in [9.17, 15) is 39.6 Å². The van der Waals surface area contributed by atoms with Gasteiger partial charge in [0.05, 0.1) is 0 Å². The van der Waals surface area contributed by atoms with Crippen LogP contribution in [0.1, 0.15) is 33.1 Å². The van der Waals surface area contributed by atoms with Crippen LogP contribution in [0.3, 0.4) is 0 Å². The summed E-state index contributed by atoms with van der Waals surface area (Å²) in [6.07, 6.45) is 1.75. The van der Waals surface area contributed by atoms with Crippen LogP contribution >= 0.6 is 0 Å². The molecule has 4 aromatic rings. The predicted molar refractivity (Wildman–Crippen MR) is 151 cm³/mol. The van der Waals surface area contributed by atoms with Crippen LogP contribution in [0.5, 0.6) is 0 Å². The molecule has 13 heteroatoms. The molecule has 12 nitrogen and oxygen atoms in total. The van der Waals surface area contributed by atoms with Crippen molar-refractivity contribution in [2.75, 3.05) is 0 Å². The first-order chi connectivity index (χ1) is 20.5. The average molecular weight is 617 g/mol. The van der Waals surface area contributed by atoms with Crippen LogP contribution in [0.2, 0.25) is 0 Å². The van der Waals surface area contributed by atoms with Crippen molar-refractivity contribution in [3.63, 3.8) is 0 Å². The molecule has 0 atom stereocenters. The van der Waals surface area contributed by atoms with E-state index in [1.165, 1.54) is 12.1 Å². The van der Waals surface area contributed by atoms with Crippen LogP contribution in [0, 0.1) is 0 Å². The molecule has 3 aromatic heterocycles. The molecule has 0 radical (unpaired) electrons. The second kappa shape index (κ2) is 10.2. The Balaban J connectivity index is 1.98. The Kier molecular flexibility index (Phi) is 6.53. The summed E-state index contributed by atoms with van der Waals surface area (Å²) in [7, 11) is 0. The summed E-state index contributed by atoms with van der Waals surface area (Å²) >= 11 is 4.08. The molecule has 0 spiro atoms. The summed E-state index contributed by atoms with van der Waals surface area (Å²) in [5.41, 5.74) is -1.83. The summed E-state index contributed by atoms with van der Waals surface area (Å²) in [5, 5.41) is 41.3. The zero-order valence-electron chi connectivity index (χ0n) is 21.5. The summed E-state index contributed by atoms with van der Waals surface area (Å²) in [6, 6.07) is 15.9. The van der Waals surface area contributed by atoms with Gasteiger partial charge in [-0.2, -0.15) is 0 Å². The molecule has 0 fully saturated rings. The normalized spacial score (nSPS) is 12.4. The van der Waals surface area contributed by atoms with Gasteiger partial charge in [-0.15, -0.1) is 0 Å². The second-order valence-corrected chi connectivity index (χ2v) is 9.93. The number of nitrogens with zero attached hydrogens (tertiary/aromatic N) is 3. The number of H-pyrrole nitrogens is 1. The van der Waals surface area contributed by atoms with Crippen molar-refractivity contribution in [2.24, 2.45) is 0 Å². The maximum absolute atomic E-state index is 13.0. The third-order valence-corrected chi connectivity index (χ3v) is 7.33. The number of aromatic amines is 1. The summed E-state index contributed by atoms with van der Waals surface area (Å²) < 4.78 is 0.792. The van der Waals surface area contributed by atoms with Gasteiger partial charge < -0.3 is 0 Å². The molecule has 8 bridgehead atoms. The molecule has 0 saturated carbocycles. The Bertz CT molecular complexity index is 2160. The number of hydrogen-bond acceptors (Lipinski definition) is 6. The third-order valence-electron chi connectivity index (χ3n) is 6.77. The number of carboxylic acid groups (broad SMARTS) is 4. The van der Waals surface area contributed by atoms with Crippen molar-refractivity contribution < 1.29 is 55.6 Å². The van der Waals surface area contributed by atoms with Gasteiger partial charge in [0.1, 0.15) is 0 Å². The van der Waals surface area contributed by atoms with Gasteiger partial charge in [0.15, 0.2) is 0 Å². The van der Waals surface area contributed by atoms with Gasteiger partial charge in [-0.3, -0.25) is 0 Å². The first-order valence-electron chi connectivity index (χ1n) is 12.4. The molecule has 0 saturated heterocycles. The Morgan fingerprint density at radius 2 is 1.37 bits per heavy atom. The summed E-state index contributed by atoms with van der Waals surface area (Å²) in [5.74, 6) is -5.17. The van der Waals surface area contributed by atoms with Crippen molar-refractivity contribution in [1.82, 2.24) is 19.5 Å². The fraction of sp³-hybridized carbons (Fsp3) is 0. The van der Waals surface area contributed by atoms with E-state index in [-0.39, 0.29) is 21.2 Å². The van der Waals surface area contributed by atoms with Gasteiger partial charge in [0, 0.05) is 0 Å². The molecule has 5 N–H and O–H groups in total. The van der Waals surface area contributed by atoms with E-state index < -0.39 is 51.9 Å². The van der Waals surface area contributed by atoms with E-state index >= 15 is 0 Å². The van der Waals surface area contributed by atoms with Gasteiger partial charge >= 0.3 is 249 Å². The Labute approximate surface area is 248 Å². The molecule has 2 aliphatic rings. The van der Waals surface area contributed by atoms with Crippen molar-refractivity contribution in [2.45, 2.75) is 0 Å². The molecular weight excluding hydrogens is 600 g/mol. The van der Waals surface area contributed by atoms with E-state index in [1.807, 2.05) is 0 Å². The predicted octanol–water partition coefficient (Wildman–Crippen LogP) is 4.10. The van der Waals surface area contributed by atoms with Crippen LogP contribution in [0.15, 0.2) is 60.7 Å². The molecule has 5 heterocycles. The number of carbonyl (C=O) groups is 4. The van der Waals surface area contributed by atoms with Crippen LogP contribution in [0.25, 0.3) is 56.5 Å².